The second-order valence-electron chi connectivity index (χ2n) is 6.86. The third-order valence-electron chi connectivity index (χ3n) is 4.59. The van der Waals surface area contributed by atoms with Gasteiger partial charge in [0.1, 0.15) is 6.54 Å². The van der Waals surface area contributed by atoms with E-state index in [2.05, 4.69) is 5.32 Å². The summed E-state index contributed by atoms with van der Waals surface area (Å²) < 4.78 is 27.7. The van der Waals surface area contributed by atoms with Gasteiger partial charge < -0.3 is 5.32 Å². The summed E-state index contributed by atoms with van der Waals surface area (Å²) in [6.07, 6.45) is 0. The summed E-state index contributed by atoms with van der Waals surface area (Å²) in [5, 5.41) is 2.89. The van der Waals surface area contributed by atoms with Crippen molar-refractivity contribution in [2.24, 2.45) is 0 Å². The van der Waals surface area contributed by atoms with Crippen molar-refractivity contribution >= 4 is 21.6 Å². The van der Waals surface area contributed by atoms with E-state index in [9.17, 15) is 13.2 Å². The molecule has 0 aliphatic rings. The number of nitrogens with zero attached hydrogens (tertiary/aromatic N) is 1. The Labute approximate surface area is 172 Å². The first-order valence-electron chi connectivity index (χ1n) is 9.36. The van der Waals surface area contributed by atoms with Crippen molar-refractivity contribution in [3.63, 3.8) is 0 Å². The molecule has 150 valence electrons. The molecule has 0 spiro atoms. The lowest BCUT2D eigenvalue weighted by atomic mass is 10.1. The molecule has 0 saturated carbocycles. The van der Waals surface area contributed by atoms with Crippen LogP contribution in [0.4, 0.5) is 5.69 Å². The molecule has 1 N–H and O–H groups in total. The lowest BCUT2D eigenvalue weighted by Gasteiger charge is -2.25. The molecule has 1 atom stereocenters. The van der Waals surface area contributed by atoms with Gasteiger partial charge >= 0.3 is 0 Å². The molecule has 5 nitrogen and oxygen atoms in total. The molecule has 0 fully saturated rings. The van der Waals surface area contributed by atoms with Gasteiger partial charge in [0.2, 0.25) is 5.91 Å². The van der Waals surface area contributed by atoms with Crippen molar-refractivity contribution < 1.29 is 13.2 Å². The standard InChI is InChI=1S/C23H24N2O3S/c1-18-10-9-13-21(16-18)25(29(27,28)22-14-7-4-8-15-22)17-23(26)24-19(2)20-11-5-3-6-12-20/h3-16,19H,17H2,1-2H3,(H,24,26)/t19-/m0/s1. The summed E-state index contributed by atoms with van der Waals surface area (Å²) in [6, 6.07) is 24.6. The molecular formula is C23H24N2O3S. The fraction of sp³-hybridized carbons (Fsp3) is 0.174. The maximum atomic E-state index is 13.3. The topological polar surface area (TPSA) is 66.5 Å². The number of sulfonamides is 1. The molecule has 0 aromatic heterocycles. The fourth-order valence-corrected chi connectivity index (χ4v) is 4.49. The minimum Gasteiger partial charge on any atom is -0.348 e. The van der Waals surface area contributed by atoms with Gasteiger partial charge in [-0.3, -0.25) is 9.10 Å². The second kappa shape index (κ2) is 8.92. The SMILES string of the molecule is Cc1cccc(N(CC(=O)N[C@@H](C)c2ccccc2)S(=O)(=O)c2ccccc2)c1. The Bertz CT molecular complexity index is 1070. The molecule has 3 aromatic carbocycles. The predicted molar refractivity (Wildman–Crippen MR) is 115 cm³/mol. The molecule has 1 amide bonds. The highest BCUT2D eigenvalue weighted by atomic mass is 32.2. The Hall–Kier alpha value is -3.12. The van der Waals surface area contributed by atoms with Crippen LogP contribution in [0.15, 0.2) is 89.8 Å². The zero-order valence-corrected chi connectivity index (χ0v) is 17.3. The lowest BCUT2D eigenvalue weighted by molar-refractivity contribution is -0.120. The smallest absolute Gasteiger partial charge is 0.264 e. The van der Waals surface area contributed by atoms with Crippen LogP contribution < -0.4 is 9.62 Å². The molecule has 0 unspecified atom stereocenters. The van der Waals surface area contributed by atoms with Gasteiger partial charge in [-0.15, -0.1) is 0 Å². The molecule has 6 heteroatoms. The van der Waals surface area contributed by atoms with Crippen LogP contribution in [0, 0.1) is 6.92 Å². The van der Waals surface area contributed by atoms with E-state index in [0.717, 1.165) is 15.4 Å². The summed E-state index contributed by atoms with van der Waals surface area (Å²) in [4.78, 5) is 12.9. The normalized spacial score (nSPS) is 12.2. The number of benzene rings is 3. The van der Waals surface area contributed by atoms with Crippen molar-refractivity contribution in [1.29, 1.82) is 0 Å². The van der Waals surface area contributed by atoms with E-state index >= 15 is 0 Å². The van der Waals surface area contributed by atoms with Crippen molar-refractivity contribution in [3.05, 3.63) is 96.1 Å². The molecule has 0 radical (unpaired) electrons. The van der Waals surface area contributed by atoms with E-state index in [1.165, 1.54) is 12.1 Å². The zero-order chi connectivity index (χ0) is 20.9. The molecule has 29 heavy (non-hydrogen) atoms. The van der Waals surface area contributed by atoms with Crippen LogP contribution in [0.25, 0.3) is 0 Å². The maximum absolute atomic E-state index is 13.3. The summed E-state index contributed by atoms with van der Waals surface area (Å²) in [6.45, 7) is 3.45. The number of rotatable bonds is 7. The predicted octanol–water partition coefficient (Wildman–Crippen LogP) is 4.07. The average molecular weight is 409 g/mol. The monoisotopic (exact) mass is 408 g/mol. The number of hydrogen-bond donors (Lipinski definition) is 1. The second-order valence-corrected chi connectivity index (χ2v) is 8.73. The van der Waals surface area contributed by atoms with Crippen molar-refractivity contribution in [2.75, 3.05) is 10.8 Å². The van der Waals surface area contributed by atoms with E-state index in [-0.39, 0.29) is 23.4 Å². The first kappa shape index (κ1) is 20.6. The largest absolute Gasteiger partial charge is 0.348 e. The third-order valence-corrected chi connectivity index (χ3v) is 6.37. The highest BCUT2D eigenvalue weighted by Gasteiger charge is 2.27. The summed E-state index contributed by atoms with van der Waals surface area (Å²) in [5.41, 5.74) is 2.32. The van der Waals surface area contributed by atoms with Crippen LogP contribution >= 0.6 is 0 Å². The Morgan fingerprint density at radius 1 is 0.931 bits per heavy atom. The number of carbonyl (C=O) groups excluding carboxylic acids is 1. The first-order valence-corrected chi connectivity index (χ1v) is 10.8. The number of aryl methyl sites for hydroxylation is 1. The molecule has 0 bridgehead atoms. The molecule has 0 aliphatic carbocycles. The van der Waals surface area contributed by atoms with Crippen molar-refractivity contribution in [2.45, 2.75) is 24.8 Å². The average Bonchev–Trinajstić information content (AvgIpc) is 2.73. The van der Waals surface area contributed by atoms with Gasteiger partial charge in [0.25, 0.3) is 10.0 Å². The summed E-state index contributed by atoms with van der Waals surface area (Å²) in [5.74, 6) is -0.373. The Morgan fingerprint density at radius 3 is 2.17 bits per heavy atom. The van der Waals surface area contributed by atoms with E-state index in [4.69, 9.17) is 0 Å². The van der Waals surface area contributed by atoms with Crippen LogP contribution in [0.1, 0.15) is 24.1 Å². The highest BCUT2D eigenvalue weighted by molar-refractivity contribution is 7.92. The third kappa shape index (κ3) is 5.03. The van der Waals surface area contributed by atoms with Crippen LogP contribution in [-0.4, -0.2) is 20.9 Å². The molecule has 0 aliphatic heterocycles. The molecular weight excluding hydrogens is 384 g/mol. The number of anilines is 1. The minimum atomic E-state index is -3.89. The summed E-state index contributed by atoms with van der Waals surface area (Å²) in [7, 11) is -3.89. The number of hydrogen-bond acceptors (Lipinski definition) is 3. The number of nitrogens with one attached hydrogen (secondary N) is 1. The first-order chi connectivity index (χ1) is 13.9. The quantitative estimate of drug-likeness (QED) is 0.641. The zero-order valence-electron chi connectivity index (χ0n) is 16.4. The van der Waals surface area contributed by atoms with E-state index < -0.39 is 10.0 Å². The van der Waals surface area contributed by atoms with Gasteiger partial charge in [-0.05, 0) is 49.2 Å². The van der Waals surface area contributed by atoms with E-state index in [0.29, 0.717) is 5.69 Å². The van der Waals surface area contributed by atoms with Crippen LogP contribution in [0.2, 0.25) is 0 Å². The van der Waals surface area contributed by atoms with Gasteiger partial charge in [-0.25, -0.2) is 8.42 Å². The van der Waals surface area contributed by atoms with Gasteiger partial charge in [0.15, 0.2) is 0 Å². The molecule has 3 aromatic rings. The summed E-state index contributed by atoms with van der Waals surface area (Å²) >= 11 is 0. The lowest BCUT2D eigenvalue weighted by Crippen LogP contribution is -2.41. The van der Waals surface area contributed by atoms with E-state index in [1.54, 1.807) is 36.4 Å². The molecule has 3 rings (SSSR count). The molecule has 0 heterocycles. The van der Waals surface area contributed by atoms with Crippen LogP contribution in [0.3, 0.4) is 0 Å². The van der Waals surface area contributed by atoms with Crippen LogP contribution in [0.5, 0.6) is 0 Å². The van der Waals surface area contributed by atoms with Gasteiger partial charge in [-0.2, -0.15) is 0 Å². The van der Waals surface area contributed by atoms with E-state index in [1.807, 2.05) is 50.2 Å². The number of carbonyl (C=O) groups is 1. The Kier molecular flexibility index (Phi) is 6.34. The maximum Gasteiger partial charge on any atom is 0.264 e. The Balaban J connectivity index is 1.89. The van der Waals surface area contributed by atoms with Crippen molar-refractivity contribution in [1.82, 2.24) is 5.32 Å². The fourth-order valence-electron chi connectivity index (χ4n) is 3.06. The van der Waals surface area contributed by atoms with Gasteiger partial charge in [-0.1, -0.05) is 60.7 Å². The van der Waals surface area contributed by atoms with Gasteiger partial charge in [0, 0.05) is 0 Å². The van der Waals surface area contributed by atoms with Crippen molar-refractivity contribution in [3.8, 4) is 0 Å². The van der Waals surface area contributed by atoms with Gasteiger partial charge in [0.05, 0.1) is 16.6 Å². The minimum absolute atomic E-state index is 0.144. The van der Waals surface area contributed by atoms with Crippen LogP contribution in [-0.2, 0) is 14.8 Å². The number of amides is 1. The highest BCUT2D eigenvalue weighted by Crippen LogP contribution is 2.24. The Morgan fingerprint density at radius 2 is 1.55 bits per heavy atom. The molecule has 0 saturated heterocycles.